The zero-order chi connectivity index (χ0) is 23.6. The third-order valence-corrected chi connectivity index (χ3v) is 5.50. The second-order valence-electron chi connectivity index (χ2n) is 7.64. The zero-order valence-electron chi connectivity index (χ0n) is 18.3. The second-order valence-corrected chi connectivity index (χ2v) is 9.39. The van der Waals surface area contributed by atoms with Gasteiger partial charge >= 0.3 is 0 Å². The smallest absolute Gasteiger partial charge is 0.255 e. The van der Waals surface area contributed by atoms with Gasteiger partial charge in [-0.1, -0.05) is 24.3 Å². The Kier molecular flexibility index (Phi) is 5.97. The van der Waals surface area contributed by atoms with Crippen molar-refractivity contribution in [3.8, 4) is 22.6 Å². The van der Waals surface area contributed by atoms with E-state index in [-0.39, 0.29) is 5.91 Å². The average molecular weight is 463 g/mol. The summed E-state index contributed by atoms with van der Waals surface area (Å²) >= 11 is 0. The predicted octanol–water partition coefficient (Wildman–Crippen LogP) is 4.64. The van der Waals surface area contributed by atoms with E-state index in [1.165, 1.54) is 0 Å². The first-order valence-corrected chi connectivity index (χ1v) is 12.0. The van der Waals surface area contributed by atoms with E-state index in [0.29, 0.717) is 28.7 Å². The molecule has 1 amide bonds. The molecule has 2 N–H and O–H groups in total. The van der Waals surface area contributed by atoms with Crippen LogP contribution in [0, 0.1) is 13.8 Å². The molecule has 33 heavy (non-hydrogen) atoms. The van der Waals surface area contributed by atoms with Crippen LogP contribution < -0.4 is 10.0 Å². The number of sulfonamides is 1. The van der Waals surface area contributed by atoms with Gasteiger partial charge in [-0.2, -0.15) is 0 Å². The summed E-state index contributed by atoms with van der Waals surface area (Å²) in [7, 11) is -3.40. The summed E-state index contributed by atoms with van der Waals surface area (Å²) in [6.45, 7) is 3.75. The Morgan fingerprint density at radius 3 is 2.24 bits per heavy atom. The van der Waals surface area contributed by atoms with Crippen molar-refractivity contribution in [1.82, 2.24) is 10.2 Å². The lowest BCUT2D eigenvalue weighted by molar-refractivity contribution is 0.102. The van der Waals surface area contributed by atoms with Gasteiger partial charge in [-0.3, -0.25) is 9.52 Å². The van der Waals surface area contributed by atoms with Gasteiger partial charge in [-0.25, -0.2) is 8.42 Å². The van der Waals surface area contributed by atoms with Crippen LogP contribution in [0.1, 0.15) is 21.8 Å². The topological polar surface area (TPSA) is 114 Å². The van der Waals surface area contributed by atoms with E-state index in [1.54, 1.807) is 43.3 Å². The number of carbonyl (C=O) groups excluding carboxylic acids is 1. The first-order valence-electron chi connectivity index (χ1n) is 10.1. The van der Waals surface area contributed by atoms with E-state index in [4.69, 9.17) is 4.42 Å². The largest absolute Gasteiger partial charge is 0.421 e. The average Bonchev–Trinajstić information content (AvgIpc) is 3.19. The van der Waals surface area contributed by atoms with Gasteiger partial charge < -0.3 is 9.73 Å². The van der Waals surface area contributed by atoms with Crippen molar-refractivity contribution in [1.29, 1.82) is 0 Å². The summed E-state index contributed by atoms with van der Waals surface area (Å²) in [5.74, 6) is 0.655. The highest BCUT2D eigenvalue weighted by atomic mass is 32.2. The summed E-state index contributed by atoms with van der Waals surface area (Å²) in [5.41, 5.74) is 5.16. The summed E-state index contributed by atoms with van der Waals surface area (Å²) in [6.07, 6.45) is 1.07. The van der Waals surface area contributed by atoms with Crippen LogP contribution in [0.3, 0.4) is 0 Å². The number of benzene rings is 3. The maximum atomic E-state index is 12.7. The number of anilines is 2. The van der Waals surface area contributed by atoms with Crippen LogP contribution >= 0.6 is 0 Å². The number of nitrogens with one attached hydrogen (secondary N) is 2. The van der Waals surface area contributed by atoms with E-state index in [1.807, 2.05) is 37.3 Å². The van der Waals surface area contributed by atoms with Gasteiger partial charge in [0.15, 0.2) is 0 Å². The summed E-state index contributed by atoms with van der Waals surface area (Å²) in [6, 6.07) is 19.7. The van der Waals surface area contributed by atoms with E-state index in [9.17, 15) is 13.2 Å². The van der Waals surface area contributed by atoms with E-state index in [0.717, 1.165) is 28.5 Å². The Hall–Kier alpha value is -3.98. The Morgan fingerprint density at radius 1 is 0.879 bits per heavy atom. The first-order chi connectivity index (χ1) is 15.7. The number of nitrogens with zero attached hydrogens (tertiary/aromatic N) is 2. The van der Waals surface area contributed by atoms with Crippen molar-refractivity contribution in [3.63, 3.8) is 0 Å². The molecule has 4 aromatic rings. The number of aryl methyl sites for hydroxylation is 2. The molecule has 0 saturated carbocycles. The van der Waals surface area contributed by atoms with Crippen LogP contribution in [0.25, 0.3) is 22.6 Å². The van der Waals surface area contributed by atoms with Gasteiger partial charge in [-0.05, 0) is 66.1 Å². The summed E-state index contributed by atoms with van der Waals surface area (Å²) in [5, 5.41) is 10.7. The van der Waals surface area contributed by atoms with Crippen molar-refractivity contribution in [2.24, 2.45) is 0 Å². The fourth-order valence-electron chi connectivity index (χ4n) is 3.36. The van der Waals surface area contributed by atoms with Crippen LogP contribution in [0.15, 0.2) is 71.1 Å². The highest BCUT2D eigenvalue weighted by molar-refractivity contribution is 7.92. The van der Waals surface area contributed by atoms with Crippen LogP contribution in [0.4, 0.5) is 11.4 Å². The minimum Gasteiger partial charge on any atom is -0.421 e. The molecule has 0 spiro atoms. The third-order valence-electron chi connectivity index (χ3n) is 4.89. The number of hydrogen-bond donors (Lipinski definition) is 2. The summed E-state index contributed by atoms with van der Waals surface area (Å²) < 4.78 is 30.8. The second kappa shape index (κ2) is 8.87. The quantitative estimate of drug-likeness (QED) is 0.431. The minimum absolute atomic E-state index is 0.301. The van der Waals surface area contributed by atoms with Crippen LogP contribution in [-0.4, -0.2) is 30.8 Å². The lowest BCUT2D eigenvalue weighted by Crippen LogP contribution is -2.13. The number of aromatic nitrogens is 2. The molecule has 0 atom stereocenters. The highest BCUT2D eigenvalue weighted by Crippen LogP contribution is 2.29. The predicted molar refractivity (Wildman–Crippen MR) is 128 cm³/mol. The molecular weight excluding hydrogens is 440 g/mol. The Balaban J connectivity index is 1.53. The van der Waals surface area contributed by atoms with Crippen LogP contribution in [0.5, 0.6) is 0 Å². The van der Waals surface area contributed by atoms with Gasteiger partial charge in [0.25, 0.3) is 5.91 Å². The van der Waals surface area contributed by atoms with Crippen molar-refractivity contribution < 1.29 is 17.6 Å². The third kappa shape index (κ3) is 5.45. The monoisotopic (exact) mass is 462 g/mol. The van der Waals surface area contributed by atoms with E-state index in [2.05, 4.69) is 20.2 Å². The highest BCUT2D eigenvalue weighted by Gasteiger charge is 2.12. The van der Waals surface area contributed by atoms with Crippen molar-refractivity contribution in [2.75, 3.05) is 16.3 Å². The fourth-order valence-corrected chi connectivity index (χ4v) is 3.91. The normalized spacial score (nSPS) is 11.2. The number of carbonyl (C=O) groups is 1. The van der Waals surface area contributed by atoms with Crippen LogP contribution in [-0.2, 0) is 10.0 Å². The molecule has 0 unspecified atom stereocenters. The standard InChI is InChI=1S/C24H22N4O4S/c1-15-7-8-19(24-27-26-16(2)32-24)13-22(15)17-9-11-18(12-10-17)23(29)25-20-5-4-6-21(14-20)28-33(3,30)31/h4-14,28H,1-3H3,(H,25,29). The van der Waals surface area contributed by atoms with Gasteiger partial charge in [0, 0.05) is 23.7 Å². The van der Waals surface area contributed by atoms with Crippen LogP contribution in [0.2, 0.25) is 0 Å². The lowest BCUT2D eigenvalue weighted by Gasteiger charge is -2.10. The summed E-state index contributed by atoms with van der Waals surface area (Å²) in [4.78, 5) is 12.7. The van der Waals surface area contributed by atoms with Crippen molar-refractivity contribution in [3.05, 3.63) is 83.7 Å². The lowest BCUT2D eigenvalue weighted by atomic mass is 9.97. The molecular formula is C24H22N4O4S. The molecule has 8 nitrogen and oxygen atoms in total. The van der Waals surface area contributed by atoms with Gasteiger partial charge in [0.2, 0.25) is 21.8 Å². The molecule has 4 rings (SSSR count). The SMILES string of the molecule is Cc1nnc(-c2ccc(C)c(-c3ccc(C(=O)Nc4cccc(NS(C)(=O)=O)c4)cc3)c2)o1. The molecule has 0 bridgehead atoms. The van der Waals surface area contributed by atoms with Gasteiger partial charge in [0.1, 0.15) is 0 Å². The fraction of sp³-hybridized carbons (Fsp3) is 0.125. The molecule has 0 aliphatic heterocycles. The Labute approximate surface area is 191 Å². The number of rotatable bonds is 6. The van der Waals surface area contributed by atoms with Crippen molar-refractivity contribution >= 4 is 27.3 Å². The van der Waals surface area contributed by atoms with E-state index >= 15 is 0 Å². The van der Waals surface area contributed by atoms with Gasteiger partial charge in [-0.15, -0.1) is 10.2 Å². The minimum atomic E-state index is -3.40. The molecule has 0 fully saturated rings. The first kappa shape index (κ1) is 22.2. The molecule has 1 heterocycles. The molecule has 3 aromatic carbocycles. The van der Waals surface area contributed by atoms with E-state index < -0.39 is 10.0 Å². The maximum Gasteiger partial charge on any atom is 0.255 e. The Bertz CT molecular complexity index is 1430. The molecule has 1 aromatic heterocycles. The molecule has 9 heteroatoms. The molecule has 168 valence electrons. The van der Waals surface area contributed by atoms with Gasteiger partial charge in [0.05, 0.1) is 11.9 Å². The number of amides is 1. The Morgan fingerprint density at radius 2 is 1.58 bits per heavy atom. The zero-order valence-corrected chi connectivity index (χ0v) is 19.1. The molecule has 0 aliphatic carbocycles. The molecule has 0 radical (unpaired) electrons. The molecule has 0 aliphatic rings. The molecule has 0 saturated heterocycles. The number of hydrogen-bond acceptors (Lipinski definition) is 6. The maximum absolute atomic E-state index is 12.7. The van der Waals surface area contributed by atoms with Crippen molar-refractivity contribution in [2.45, 2.75) is 13.8 Å².